The van der Waals surface area contributed by atoms with Crippen LogP contribution in [0.15, 0.2) is 78.9 Å². The minimum Gasteiger partial charge on any atom is -0.362 e. The number of hydrogen-bond donors (Lipinski definition) is 2. The number of nitrogens with one attached hydrogen (secondary N) is 2. The monoisotopic (exact) mass is 383 g/mol. The molecule has 0 saturated heterocycles. The highest BCUT2D eigenvalue weighted by molar-refractivity contribution is 5.99. The van der Waals surface area contributed by atoms with Crippen LogP contribution in [0, 0.1) is 0 Å². The van der Waals surface area contributed by atoms with Crippen LogP contribution in [0.3, 0.4) is 0 Å². The number of nitrogens with zero attached hydrogens (tertiary/aromatic N) is 3. The van der Waals surface area contributed by atoms with Crippen molar-refractivity contribution in [3.05, 3.63) is 84.7 Å². The smallest absolute Gasteiger partial charge is 0.323 e. The molecule has 5 rings (SSSR count). The Morgan fingerprint density at radius 1 is 0.793 bits per heavy atom. The van der Waals surface area contributed by atoms with Crippen LogP contribution in [-0.4, -0.2) is 22.1 Å². The molecular formula is C23H21N5O. The van der Waals surface area contributed by atoms with Gasteiger partial charge in [0, 0.05) is 30.2 Å². The third-order valence-electron chi connectivity index (χ3n) is 5.18. The van der Waals surface area contributed by atoms with E-state index in [2.05, 4.69) is 38.3 Å². The van der Waals surface area contributed by atoms with Crippen molar-refractivity contribution in [2.24, 2.45) is 0 Å². The van der Waals surface area contributed by atoms with Gasteiger partial charge in [-0.3, -0.25) is 0 Å². The lowest BCUT2D eigenvalue weighted by atomic mass is 10.2. The van der Waals surface area contributed by atoms with Crippen molar-refractivity contribution in [1.82, 2.24) is 9.55 Å². The predicted molar refractivity (Wildman–Crippen MR) is 116 cm³/mol. The molecule has 1 aromatic heterocycles. The Bertz CT molecular complexity index is 1150. The third-order valence-corrected chi connectivity index (χ3v) is 5.18. The summed E-state index contributed by atoms with van der Waals surface area (Å²) in [6, 6.07) is 25.3. The Morgan fingerprint density at radius 3 is 2.28 bits per heavy atom. The number of anilines is 3. The molecule has 0 unspecified atom stereocenters. The van der Waals surface area contributed by atoms with Gasteiger partial charge in [-0.15, -0.1) is 0 Å². The first kappa shape index (κ1) is 17.3. The first-order valence-electron chi connectivity index (χ1n) is 9.68. The molecule has 0 bridgehead atoms. The highest BCUT2D eigenvalue weighted by Gasteiger charge is 2.20. The maximum absolute atomic E-state index is 12.1. The van der Waals surface area contributed by atoms with E-state index in [1.54, 1.807) is 0 Å². The van der Waals surface area contributed by atoms with Crippen molar-refractivity contribution in [2.45, 2.75) is 13.1 Å². The molecule has 29 heavy (non-hydrogen) atoms. The summed E-state index contributed by atoms with van der Waals surface area (Å²) in [5, 5.41) is 5.69. The van der Waals surface area contributed by atoms with E-state index in [-0.39, 0.29) is 6.03 Å². The summed E-state index contributed by atoms with van der Waals surface area (Å²) in [4.78, 5) is 19.2. The van der Waals surface area contributed by atoms with Crippen LogP contribution in [0.2, 0.25) is 0 Å². The van der Waals surface area contributed by atoms with Gasteiger partial charge in [-0.1, -0.05) is 30.3 Å². The summed E-state index contributed by atoms with van der Waals surface area (Å²) in [7, 11) is 0. The second-order valence-corrected chi connectivity index (χ2v) is 7.08. The Hall–Kier alpha value is -3.80. The molecule has 6 heteroatoms. The molecule has 3 aromatic carbocycles. The number of hydrogen-bond acceptors (Lipinski definition) is 3. The number of rotatable bonds is 3. The van der Waals surface area contributed by atoms with Crippen LogP contribution in [-0.2, 0) is 13.1 Å². The van der Waals surface area contributed by atoms with E-state index in [4.69, 9.17) is 4.98 Å². The van der Waals surface area contributed by atoms with Crippen molar-refractivity contribution in [1.29, 1.82) is 0 Å². The summed E-state index contributed by atoms with van der Waals surface area (Å²) >= 11 is 0. The lowest BCUT2D eigenvalue weighted by Crippen LogP contribution is -2.33. The van der Waals surface area contributed by atoms with Gasteiger partial charge >= 0.3 is 6.03 Å². The average molecular weight is 383 g/mol. The van der Waals surface area contributed by atoms with Gasteiger partial charge in [0.2, 0.25) is 0 Å². The minimum atomic E-state index is -0.254. The van der Waals surface area contributed by atoms with E-state index >= 15 is 0 Å². The SMILES string of the molecule is O=C(Nc1ccccc1)Nc1ccc(N2CCn3c(nc4ccccc43)C2)cc1. The van der Waals surface area contributed by atoms with Crippen molar-refractivity contribution >= 4 is 34.1 Å². The Kier molecular flexibility index (Phi) is 4.37. The molecule has 1 aliphatic rings. The van der Waals surface area contributed by atoms with Crippen LogP contribution >= 0.6 is 0 Å². The molecule has 2 amide bonds. The quantitative estimate of drug-likeness (QED) is 0.539. The lowest BCUT2D eigenvalue weighted by molar-refractivity contribution is 0.262. The standard InChI is InChI=1S/C23H21N5O/c29-23(24-17-6-2-1-3-7-17)25-18-10-12-19(13-11-18)27-14-15-28-21-9-5-4-8-20(21)26-22(28)16-27/h1-13H,14-16H2,(H2,24,25,29). The number of imidazole rings is 1. The fraction of sp³-hybridized carbons (Fsp3) is 0.130. The van der Waals surface area contributed by atoms with Crippen LogP contribution in [0.5, 0.6) is 0 Å². The molecule has 1 aliphatic heterocycles. The van der Waals surface area contributed by atoms with E-state index in [0.717, 1.165) is 48.0 Å². The number of para-hydroxylation sites is 3. The molecule has 0 fully saturated rings. The first-order valence-corrected chi connectivity index (χ1v) is 9.68. The van der Waals surface area contributed by atoms with Gasteiger partial charge in [0.1, 0.15) is 5.82 Å². The maximum Gasteiger partial charge on any atom is 0.323 e. The van der Waals surface area contributed by atoms with Gasteiger partial charge in [-0.2, -0.15) is 0 Å². The highest BCUT2D eigenvalue weighted by Crippen LogP contribution is 2.25. The number of amides is 2. The Labute approximate surface area is 168 Å². The molecule has 4 aromatic rings. The van der Waals surface area contributed by atoms with Gasteiger partial charge in [-0.25, -0.2) is 9.78 Å². The fourth-order valence-corrected chi connectivity index (χ4v) is 3.76. The van der Waals surface area contributed by atoms with Crippen LogP contribution < -0.4 is 15.5 Å². The lowest BCUT2D eigenvalue weighted by Gasteiger charge is -2.30. The van der Waals surface area contributed by atoms with Gasteiger partial charge < -0.3 is 20.1 Å². The number of urea groups is 1. The molecule has 0 atom stereocenters. The first-order chi connectivity index (χ1) is 14.3. The zero-order valence-electron chi connectivity index (χ0n) is 15.9. The van der Waals surface area contributed by atoms with Gasteiger partial charge in [0.05, 0.1) is 17.6 Å². The molecule has 2 heterocycles. The van der Waals surface area contributed by atoms with E-state index in [1.807, 2.05) is 60.7 Å². The molecule has 2 N–H and O–H groups in total. The van der Waals surface area contributed by atoms with E-state index in [1.165, 1.54) is 5.52 Å². The van der Waals surface area contributed by atoms with Crippen molar-refractivity contribution in [3.8, 4) is 0 Å². The predicted octanol–water partition coefficient (Wildman–Crippen LogP) is 4.70. The summed E-state index contributed by atoms with van der Waals surface area (Å²) in [6.07, 6.45) is 0. The van der Waals surface area contributed by atoms with Crippen molar-refractivity contribution < 1.29 is 4.79 Å². The summed E-state index contributed by atoms with van der Waals surface area (Å²) < 4.78 is 2.30. The summed E-state index contributed by atoms with van der Waals surface area (Å²) in [6.45, 7) is 2.61. The number of benzene rings is 3. The molecular weight excluding hydrogens is 362 g/mol. The Balaban J connectivity index is 1.26. The largest absolute Gasteiger partial charge is 0.362 e. The van der Waals surface area contributed by atoms with Crippen molar-refractivity contribution in [2.75, 3.05) is 22.1 Å². The van der Waals surface area contributed by atoms with Crippen LogP contribution in [0.25, 0.3) is 11.0 Å². The molecule has 0 aliphatic carbocycles. The van der Waals surface area contributed by atoms with Crippen molar-refractivity contribution in [3.63, 3.8) is 0 Å². The number of carbonyl (C=O) groups is 1. The molecule has 0 saturated carbocycles. The second kappa shape index (κ2) is 7.31. The van der Waals surface area contributed by atoms with Gasteiger partial charge in [0.25, 0.3) is 0 Å². The average Bonchev–Trinajstić information content (AvgIpc) is 3.13. The number of aromatic nitrogens is 2. The van der Waals surface area contributed by atoms with E-state index in [9.17, 15) is 4.79 Å². The zero-order chi connectivity index (χ0) is 19.6. The minimum absolute atomic E-state index is 0.254. The highest BCUT2D eigenvalue weighted by atomic mass is 16.2. The van der Waals surface area contributed by atoms with Gasteiger partial charge in [-0.05, 0) is 48.5 Å². The van der Waals surface area contributed by atoms with Crippen LogP contribution in [0.4, 0.5) is 21.9 Å². The van der Waals surface area contributed by atoms with Gasteiger partial charge in [0.15, 0.2) is 0 Å². The number of fused-ring (bicyclic) bond motifs is 3. The summed E-state index contributed by atoms with van der Waals surface area (Å²) in [5.74, 6) is 1.09. The summed E-state index contributed by atoms with van der Waals surface area (Å²) in [5.41, 5.74) is 4.89. The number of carbonyl (C=O) groups excluding carboxylic acids is 1. The fourth-order valence-electron chi connectivity index (χ4n) is 3.76. The van der Waals surface area contributed by atoms with E-state index in [0.29, 0.717) is 0 Å². The molecule has 6 nitrogen and oxygen atoms in total. The van der Waals surface area contributed by atoms with Crippen LogP contribution in [0.1, 0.15) is 5.82 Å². The molecule has 0 spiro atoms. The molecule has 0 radical (unpaired) electrons. The Morgan fingerprint density at radius 2 is 1.48 bits per heavy atom. The zero-order valence-corrected chi connectivity index (χ0v) is 15.9. The third kappa shape index (κ3) is 3.52. The topological polar surface area (TPSA) is 62.2 Å². The maximum atomic E-state index is 12.1. The normalized spacial score (nSPS) is 13.2. The molecule has 144 valence electrons. The second-order valence-electron chi connectivity index (χ2n) is 7.08. The van der Waals surface area contributed by atoms with E-state index < -0.39 is 0 Å².